The van der Waals surface area contributed by atoms with E-state index in [1.54, 1.807) is 4.68 Å². The standard InChI is InChI=1S/C17H19N5O2/c1-3-14-12(2)20-16-7-5-4-6-15(16)17(14)18-8-9-21-11-13(10-19-21)22(23)24/h4-7,10-11H,3,8-9H2,1-2H3,(H,18,20). The molecule has 3 rings (SSSR count). The minimum Gasteiger partial charge on any atom is -0.382 e. The Balaban J connectivity index is 1.82. The zero-order chi connectivity index (χ0) is 17.1. The molecule has 0 aliphatic heterocycles. The molecule has 0 saturated heterocycles. The number of nitrogens with one attached hydrogen (secondary N) is 1. The Bertz CT molecular complexity index is 888. The highest BCUT2D eigenvalue weighted by Gasteiger charge is 2.12. The second-order valence-electron chi connectivity index (χ2n) is 5.57. The Morgan fingerprint density at radius 3 is 2.83 bits per heavy atom. The van der Waals surface area contributed by atoms with Crippen LogP contribution in [0.3, 0.4) is 0 Å². The van der Waals surface area contributed by atoms with Gasteiger partial charge in [0.2, 0.25) is 0 Å². The van der Waals surface area contributed by atoms with E-state index in [1.165, 1.54) is 18.0 Å². The second-order valence-corrected chi connectivity index (χ2v) is 5.57. The van der Waals surface area contributed by atoms with Crippen molar-refractivity contribution in [1.82, 2.24) is 14.8 Å². The molecule has 24 heavy (non-hydrogen) atoms. The van der Waals surface area contributed by atoms with E-state index < -0.39 is 4.92 Å². The molecule has 0 radical (unpaired) electrons. The Hall–Kier alpha value is -2.96. The van der Waals surface area contributed by atoms with Crippen LogP contribution in [0.25, 0.3) is 10.9 Å². The van der Waals surface area contributed by atoms with Crippen molar-refractivity contribution < 1.29 is 4.92 Å². The normalized spacial score (nSPS) is 10.9. The smallest absolute Gasteiger partial charge is 0.306 e. The summed E-state index contributed by atoms with van der Waals surface area (Å²) < 4.78 is 1.58. The summed E-state index contributed by atoms with van der Waals surface area (Å²) in [7, 11) is 0. The first kappa shape index (κ1) is 15.9. The molecule has 0 bridgehead atoms. The van der Waals surface area contributed by atoms with Gasteiger partial charge in [-0.2, -0.15) is 5.10 Å². The number of rotatable bonds is 6. The van der Waals surface area contributed by atoms with Crippen LogP contribution in [-0.4, -0.2) is 26.2 Å². The van der Waals surface area contributed by atoms with Crippen LogP contribution < -0.4 is 5.32 Å². The Morgan fingerprint density at radius 1 is 1.33 bits per heavy atom. The van der Waals surface area contributed by atoms with Crippen LogP contribution in [-0.2, 0) is 13.0 Å². The summed E-state index contributed by atoms with van der Waals surface area (Å²) in [6.45, 7) is 5.31. The predicted molar refractivity (Wildman–Crippen MR) is 93.2 cm³/mol. The molecule has 7 nitrogen and oxygen atoms in total. The van der Waals surface area contributed by atoms with Crippen LogP contribution in [0.5, 0.6) is 0 Å². The minimum atomic E-state index is -0.439. The number of aryl methyl sites for hydroxylation is 1. The quantitative estimate of drug-likeness (QED) is 0.555. The molecule has 2 heterocycles. The highest BCUT2D eigenvalue weighted by Crippen LogP contribution is 2.28. The summed E-state index contributed by atoms with van der Waals surface area (Å²) in [5.74, 6) is 0. The first-order valence-corrected chi connectivity index (χ1v) is 7.89. The van der Waals surface area contributed by atoms with Gasteiger partial charge in [-0.05, 0) is 25.0 Å². The number of pyridine rings is 1. The first-order chi connectivity index (χ1) is 11.6. The molecular weight excluding hydrogens is 306 g/mol. The fraction of sp³-hybridized carbons (Fsp3) is 0.294. The number of nitrogens with zero attached hydrogens (tertiary/aromatic N) is 4. The van der Waals surface area contributed by atoms with E-state index in [1.807, 2.05) is 25.1 Å². The molecule has 2 aromatic heterocycles. The van der Waals surface area contributed by atoms with E-state index in [0.717, 1.165) is 28.7 Å². The van der Waals surface area contributed by atoms with Crippen molar-refractivity contribution in [3.05, 3.63) is 58.0 Å². The molecule has 0 aliphatic carbocycles. The zero-order valence-electron chi connectivity index (χ0n) is 13.7. The molecule has 0 aliphatic rings. The second kappa shape index (κ2) is 6.66. The third-order valence-electron chi connectivity index (χ3n) is 4.03. The molecule has 0 amide bonds. The van der Waals surface area contributed by atoms with Gasteiger partial charge in [-0.25, -0.2) is 0 Å². The molecule has 0 fully saturated rings. The van der Waals surface area contributed by atoms with Crippen LogP contribution in [0.1, 0.15) is 18.2 Å². The highest BCUT2D eigenvalue weighted by atomic mass is 16.6. The lowest BCUT2D eigenvalue weighted by atomic mass is 10.0. The number of anilines is 1. The summed E-state index contributed by atoms with van der Waals surface area (Å²) in [5, 5.41) is 19.3. The van der Waals surface area contributed by atoms with Gasteiger partial charge in [0.05, 0.1) is 17.0 Å². The van der Waals surface area contributed by atoms with Gasteiger partial charge in [0.1, 0.15) is 12.4 Å². The molecule has 7 heteroatoms. The first-order valence-electron chi connectivity index (χ1n) is 7.89. The number of para-hydroxylation sites is 1. The molecule has 3 aromatic rings. The van der Waals surface area contributed by atoms with E-state index in [2.05, 4.69) is 28.4 Å². The summed E-state index contributed by atoms with van der Waals surface area (Å²) in [4.78, 5) is 14.9. The van der Waals surface area contributed by atoms with Crippen LogP contribution >= 0.6 is 0 Å². The van der Waals surface area contributed by atoms with Gasteiger partial charge < -0.3 is 5.32 Å². The molecular formula is C17H19N5O2. The monoisotopic (exact) mass is 325 g/mol. The van der Waals surface area contributed by atoms with Gasteiger partial charge in [-0.3, -0.25) is 19.8 Å². The Kier molecular flexibility index (Phi) is 4.41. The minimum absolute atomic E-state index is 0.00875. The van der Waals surface area contributed by atoms with Crippen molar-refractivity contribution in [2.24, 2.45) is 0 Å². The van der Waals surface area contributed by atoms with Crippen molar-refractivity contribution in [3.63, 3.8) is 0 Å². The van der Waals surface area contributed by atoms with Crippen molar-refractivity contribution in [1.29, 1.82) is 0 Å². The number of hydrogen-bond acceptors (Lipinski definition) is 5. The van der Waals surface area contributed by atoms with Crippen LogP contribution in [0.4, 0.5) is 11.4 Å². The average Bonchev–Trinajstić information content (AvgIpc) is 3.04. The van der Waals surface area contributed by atoms with Gasteiger partial charge in [0.25, 0.3) is 0 Å². The van der Waals surface area contributed by atoms with E-state index in [0.29, 0.717) is 13.1 Å². The van der Waals surface area contributed by atoms with E-state index in [-0.39, 0.29) is 5.69 Å². The van der Waals surface area contributed by atoms with Gasteiger partial charge in [0, 0.05) is 23.3 Å². The summed E-state index contributed by atoms with van der Waals surface area (Å²) in [6, 6.07) is 8.04. The zero-order valence-corrected chi connectivity index (χ0v) is 13.7. The number of nitro groups is 1. The van der Waals surface area contributed by atoms with E-state index >= 15 is 0 Å². The maximum Gasteiger partial charge on any atom is 0.306 e. The van der Waals surface area contributed by atoms with E-state index in [4.69, 9.17) is 0 Å². The Labute approximate surface area is 139 Å². The fourth-order valence-corrected chi connectivity index (χ4v) is 2.87. The molecule has 1 aromatic carbocycles. The summed E-state index contributed by atoms with van der Waals surface area (Å²) in [6.07, 6.45) is 3.60. The number of fused-ring (bicyclic) bond motifs is 1. The predicted octanol–water partition coefficient (Wildman–Crippen LogP) is 3.32. The summed E-state index contributed by atoms with van der Waals surface area (Å²) in [5.41, 5.74) is 4.27. The van der Waals surface area contributed by atoms with Crippen molar-refractivity contribution in [2.45, 2.75) is 26.8 Å². The van der Waals surface area contributed by atoms with Crippen LogP contribution in [0.2, 0.25) is 0 Å². The largest absolute Gasteiger partial charge is 0.382 e. The third kappa shape index (κ3) is 3.05. The van der Waals surface area contributed by atoms with Crippen molar-refractivity contribution in [2.75, 3.05) is 11.9 Å². The highest BCUT2D eigenvalue weighted by molar-refractivity contribution is 5.93. The van der Waals surface area contributed by atoms with Gasteiger partial charge in [-0.1, -0.05) is 25.1 Å². The topological polar surface area (TPSA) is 85.9 Å². The number of aromatic nitrogens is 3. The number of benzene rings is 1. The lowest BCUT2D eigenvalue weighted by Crippen LogP contribution is -2.13. The maximum absolute atomic E-state index is 10.7. The van der Waals surface area contributed by atoms with Crippen molar-refractivity contribution >= 4 is 22.3 Å². The fourth-order valence-electron chi connectivity index (χ4n) is 2.87. The summed E-state index contributed by atoms with van der Waals surface area (Å²) >= 11 is 0. The molecule has 0 atom stereocenters. The van der Waals surface area contributed by atoms with Gasteiger partial charge >= 0.3 is 5.69 Å². The average molecular weight is 325 g/mol. The SMILES string of the molecule is CCc1c(C)nc2ccccc2c1NCCn1cc([N+](=O)[O-])cn1. The molecule has 124 valence electrons. The Morgan fingerprint density at radius 2 is 2.12 bits per heavy atom. The third-order valence-corrected chi connectivity index (χ3v) is 4.03. The van der Waals surface area contributed by atoms with Crippen LogP contribution in [0.15, 0.2) is 36.7 Å². The van der Waals surface area contributed by atoms with Gasteiger partial charge in [0.15, 0.2) is 0 Å². The lowest BCUT2D eigenvalue weighted by molar-refractivity contribution is -0.385. The maximum atomic E-state index is 10.7. The molecule has 1 N–H and O–H groups in total. The van der Waals surface area contributed by atoms with Crippen LogP contribution in [0, 0.1) is 17.0 Å². The van der Waals surface area contributed by atoms with Gasteiger partial charge in [-0.15, -0.1) is 0 Å². The van der Waals surface area contributed by atoms with Crippen molar-refractivity contribution in [3.8, 4) is 0 Å². The van der Waals surface area contributed by atoms with E-state index in [9.17, 15) is 10.1 Å². The lowest BCUT2D eigenvalue weighted by Gasteiger charge is -2.16. The molecule has 0 unspecified atom stereocenters. The molecule has 0 saturated carbocycles. The number of hydrogen-bond donors (Lipinski definition) is 1. The molecule has 0 spiro atoms.